The van der Waals surface area contributed by atoms with Crippen molar-refractivity contribution in [3.63, 3.8) is 0 Å². The highest BCUT2D eigenvalue weighted by atomic mass is 16.5. The molecule has 3 rings (SSSR count). The van der Waals surface area contributed by atoms with Crippen molar-refractivity contribution in [2.75, 3.05) is 6.61 Å². The van der Waals surface area contributed by atoms with Gasteiger partial charge in [-0.3, -0.25) is 9.59 Å². The third-order valence-electron chi connectivity index (χ3n) is 6.14. The minimum absolute atomic E-state index is 0.0339. The third kappa shape index (κ3) is 5.06. The van der Waals surface area contributed by atoms with Crippen molar-refractivity contribution in [2.24, 2.45) is 11.8 Å². The van der Waals surface area contributed by atoms with Crippen LogP contribution in [0.4, 0.5) is 0 Å². The lowest BCUT2D eigenvalue weighted by Crippen LogP contribution is -2.13. The van der Waals surface area contributed by atoms with Crippen molar-refractivity contribution >= 4 is 27.7 Å². The molecule has 0 aliphatic carbocycles. The molecule has 6 nitrogen and oxygen atoms in total. The Kier molecular flexibility index (Phi) is 7.90. The monoisotopic (exact) mass is 468 g/mol. The molecule has 184 valence electrons. The van der Waals surface area contributed by atoms with E-state index in [2.05, 4.69) is 27.7 Å². The summed E-state index contributed by atoms with van der Waals surface area (Å²) in [4.78, 5) is 26.6. The number of benzene rings is 2. The highest BCUT2D eigenvalue weighted by Gasteiger charge is 2.25. The maximum absolute atomic E-state index is 13.8. The Morgan fingerprint density at radius 3 is 2.12 bits per heavy atom. The van der Waals surface area contributed by atoms with Gasteiger partial charge in [0.1, 0.15) is 33.8 Å². The zero-order valence-corrected chi connectivity index (χ0v) is 21.1. The van der Waals surface area contributed by atoms with Gasteiger partial charge in [-0.15, -0.1) is 0 Å². The lowest BCUT2D eigenvalue weighted by atomic mass is 9.91. The number of carbonyl (C=O) groups excluding carboxylic acids is 1. The smallest absolute Gasteiger partial charge is 0.204 e. The fourth-order valence-corrected chi connectivity index (χ4v) is 4.31. The molecule has 1 heterocycles. The lowest BCUT2D eigenvalue weighted by molar-refractivity contribution is 0.101. The number of hydrogen-bond acceptors (Lipinski definition) is 6. The molecule has 0 unspecified atom stereocenters. The summed E-state index contributed by atoms with van der Waals surface area (Å²) < 4.78 is 12.0. The van der Waals surface area contributed by atoms with E-state index in [0.717, 1.165) is 19.3 Å². The number of phenols is 2. The van der Waals surface area contributed by atoms with Crippen LogP contribution in [-0.4, -0.2) is 22.6 Å². The first-order valence-corrected chi connectivity index (χ1v) is 12.2. The van der Waals surface area contributed by atoms with Crippen LogP contribution in [-0.2, 0) is 12.8 Å². The SMILES string of the molecule is CCCOc1cc2oc3cc(O)c(CCC(C)C)c(O)c3c(=O)c2c(CCC(C)C)c1C(C)=O. The Bertz CT molecular complexity index is 1270. The second kappa shape index (κ2) is 10.5. The highest BCUT2D eigenvalue weighted by Crippen LogP contribution is 2.39. The Morgan fingerprint density at radius 2 is 1.56 bits per heavy atom. The Morgan fingerprint density at radius 1 is 0.971 bits per heavy atom. The van der Waals surface area contributed by atoms with Crippen molar-refractivity contribution in [1.29, 1.82) is 0 Å². The van der Waals surface area contributed by atoms with Crippen molar-refractivity contribution in [2.45, 2.75) is 73.6 Å². The molecule has 6 heteroatoms. The summed E-state index contributed by atoms with van der Waals surface area (Å²) in [6.45, 7) is 12.2. The summed E-state index contributed by atoms with van der Waals surface area (Å²) in [6.07, 6.45) is 3.22. The van der Waals surface area contributed by atoms with E-state index in [1.165, 1.54) is 13.0 Å². The fraction of sp³-hybridized carbons (Fsp3) is 0.500. The summed E-state index contributed by atoms with van der Waals surface area (Å²) in [5, 5.41) is 21.9. The summed E-state index contributed by atoms with van der Waals surface area (Å²) in [5.74, 6) is 0.581. The van der Waals surface area contributed by atoms with Crippen LogP contribution in [0.5, 0.6) is 17.2 Å². The Balaban J connectivity index is 2.41. The van der Waals surface area contributed by atoms with Crippen LogP contribution >= 0.6 is 0 Å². The zero-order chi connectivity index (χ0) is 25.2. The van der Waals surface area contributed by atoms with Gasteiger partial charge in [0.2, 0.25) is 5.43 Å². The number of aromatic hydroxyl groups is 2. The van der Waals surface area contributed by atoms with Crippen LogP contribution in [0.2, 0.25) is 0 Å². The minimum atomic E-state index is -0.400. The first-order valence-electron chi connectivity index (χ1n) is 12.2. The first kappa shape index (κ1) is 25.6. The summed E-state index contributed by atoms with van der Waals surface area (Å²) in [7, 11) is 0. The van der Waals surface area contributed by atoms with E-state index in [1.807, 2.05) is 6.92 Å². The summed E-state index contributed by atoms with van der Waals surface area (Å²) in [5.41, 5.74) is 1.31. The standard InChI is InChI=1S/C28H36O6/c1-7-12-33-21-14-23-25(19(11-9-16(4)5)24(21)17(6)29)28(32)26-22(34-23)13-20(30)18(27(26)31)10-8-15(2)3/h13-16,30-31H,7-12H2,1-6H3. The van der Waals surface area contributed by atoms with Gasteiger partial charge < -0.3 is 19.4 Å². The molecular formula is C28H36O6. The van der Waals surface area contributed by atoms with Gasteiger partial charge in [0, 0.05) is 17.7 Å². The molecule has 3 aromatic rings. The normalized spacial score (nSPS) is 11.8. The van der Waals surface area contributed by atoms with Crippen molar-refractivity contribution < 1.29 is 24.2 Å². The Labute approximate surface area is 200 Å². The lowest BCUT2D eigenvalue weighted by Gasteiger charge is -2.18. The molecule has 1 aromatic heterocycles. The quantitative estimate of drug-likeness (QED) is 0.259. The number of ether oxygens (including phenoxy) is 1. The van der Waals surface area contributed by atoms with E-state index in [0.29, 0.717) is 53.7 Å². The third-order valence-corrected chi connectivity index (χ3v) is 6.14. The average molecular weight is 469 g/mol. The van der Waals surface area contributed by atoms with Crippen LogP contribution in [0.1, 0.15) is 82.3 Å². The van der Waals surface area contributed by atoms with E-state index >= 15 is 0 Å². The predicted octanol–water partition coefficient (Wildman–Crippen LogP) is 6.53. The van der Waals surface area contributed by atoms with Crippen LogP contribution in [0.3, 0.4) is 0 Å². The topological polar surface area (TPSA) is 97.0 Å². The van der Waals surface area contributed by atoms with Crippen molar-refractivity contribution in [1.82, 2.24) is 0 Å². The minimum Gasteiger partial charge on any atom is -0.507 e. The molecule has 0 radical (unpaired) electrons. The van der Waals surface area contributed by atoms with Crippen molar-refractivity contribution in [3.8, 4) is 17.2 Å². The molecule has 0 aliphatic heterocycles. The molecule has 0 spiro atoms. The second-order valence-electron chi connectivity index (χ2n) is 9.90. The number of hydrogen-bond donors (Lipinski definition) is 2. The van der Waals surface area contributed by atoms with Gasteiger partial charge in [-0.1, -0.05) is 34.6 Å². The number of carbonyl (C=O) groups is 1. The highest BCUT2D eigenvalue weighted by molar-refractivity contribution is 6.05. The molecule has 0 saturated carbocycles. The fourth-order valence-electron chi connectivity index (χ4n) is 4.31. The maximum Gasteiger partial charge on any atom is 0.204 e. The number of fused-ring (bicyclic) bond motifs is 2. The largest absolute Gasteiger partial charge is 0.507 e. The second-order valence-corrected chi connectivity index (χ2v) is 9.90. The van der Waals surface area contributed by atoms with Gasteiger partial charge >= 0.3 is 0 Å². The summed E-state index contributed by atoms with van der Waals surface area (Å²) in [6, 6.07) is 2.98. The molecule has 2 N–H and O–H groups in total. The van der Waals surface area contributed by atoms with E-state index in [9.17, 15) is 19.8 Å². The van der Waals surface area contributed by atoms with Gasteiger partial charge in [-0.25, -0.2) is 0 Å². The molecule has 0 atom stereocenters. The van der Waals surface area contributed by atoms with E-state index < -0.39 is 5.43 Å². The number of rotatable bonds is 10. The average Bonchev–Trinajstić information content (AvgIpc) is 2.74. The number of Topliss-reactive ketones (excluding diaryl/α,β-unsaturated/α-hetero) is 1. The van der Waals surface area contributed by atoms with Crippen molar-refractivity contribution in [3.05, 3.63) is 39.0 Å². The van der Waals surface area contributed by atoms with Crippen LogP contribution in [0.15, 0.2) is 21.3 Å². The van der Waals surface area contributed by atoms with Crippen LogP contribution < -0.4 is 10.2 Å². The summed E-state index contributed by atoms with van der Waals surface area (Å²) >= 11 is 0. The van der Waals surface area contributed by atoms with Gasteiger partial charge in [-0.05, 0) is 56.4 Å². The number of ketones is 1. The number of phenolic OH excluding ortho intramolecular Hbond substituents is 2. The first-order chi connectivity index (χ1) is 16.1. The molecule has 0 bridgehead atoms. The van der Waals surface area contributed by atoms with Gasteiger partial charge in [0.25, 0.3) is 0 Å². The molecule has 34 heavy (non-hydrogen) atoms. The number of aryl methyl sites for hydroxylation is 1. The van der Waals surface area contributed by atoms with Gasteiger partial charge in [0.05, 0.1) is 17.6 Å². The van der Waals surface area contributed by atoms with Gasteiger partial charge in [0.15, 0.2) is 5.78 Å². The zero-order valence-electron chi connectivity index (χ0n) is 21.1. The van der Waals surface area contributed by atoms with E-state index in [-0.39, 0.29) is 39.2 Å². The van der Waals surface area contributed by atoms with Crippen LogP contribution in [0, 0.1) is 11.8 Å². The van der Waals surface area contributed by atoms with Crippen LogP contribution in [0.25, 0.3) is 21.9 Å². The van der Waals surface area contributed by atoms with Gasteiger partial charge in [-0.2, -0.15) is 0 Å². The maximum atomic E-state index is 13.8. The molecule has 0 saturated heterocycles. The molecule has 0 amide bonds. The Hall–Kier alpha value is -3.02. The molecular weight excluding hydrogens is 432 g/mol. The molecule has 2 aromatic carbocycles. The van der Waals surface area contributed by atoms with E-state index in [1.54, 1.807) is 6.07 Å². The molecule has 0 fully saturated rings. The predicted molar refractivity (Wildman–Crippen MR) is 135 cm³/mol. The van der Waals surface area contributed by atoms with E-state index in [4.69, 9.17) is 9.15 Å². The molecule has 0 aliphatic rings.